The fourth-order valence-electron chi connectivity index (χ4n) is 3.46. The molecule has 2 N–H and O–H groups in total. The summed E-state index contributed by atoms with van der Waals surface area (Å²) in [5.74, 6) is 1.06. The van der Waals surface area contributed by atoms with Crippen molar-refractivity contribution in [3.63, 3.8) is 0 Å². The Bertz CT molecular complexity index is 1040. The molecule has 1 saturated heterocycles. The van der Waals surface area contributed by atoms with Crippen molar-refractivity contribution < 1.29 is 9.53 Å². The molecule has 0 radical (unpaired) electrons. The normalized spacial score (nSPS) is 14.8. The molecule has 1 amide bonds. The molecule has 1 fully saturated rings. The molecule has 3 aromatic rings. The number of pyridine rings is 1. The first-order valence-corrected chi connectivity index (χ1v) is 9.17. The summed E-state index contributed by atoms with van der Waals surface area (Å²) >= 11 is 0. The van der Waals surface area contributed by atoms with Gasteiger partial charge >= 0.3 is 0 Å². The van der Waals surface area contributed by atoms with E-state index >= 15 is 0 Å². The van der Waals surface area contributed by atoms with Gasteiger partial charge in [-0.3, -0.25) is 14.6 Å². The van der Waals surface area contributed by atoms with Crippen molar-refractivity contribution in [1.82, 2.24) is 20.3 Å². The predicted octanol–water partition coefficient (Wildman–Crippen LogP) is 1.73. The monoisotopic (exact) mass is 379 g/mol. The van der Waals surface area contributed by atoms with Crippen molar-refractivity contribution in [3.8, 4) is 5.75 Å². The smallest absolute Gasteiger partial charge is 0.256 e. The number of hydrogen-bond acceptors (Lipinski definition) is 6. The number of hydrogen-bond donors (Lipinski definition) is 2. The van der Waals surface area contributed by atoms with E-state index in [9.17, 15) is 9.59 Å². The Hall–Kier alpha value is -3.42. The lowest BCUT2D eigenvalue weighted by Crippen LogP contribution is -2.45. The number of anilines is 1. The van der Waals surface area contributed by atoms with Gasteiger partial charge in [0.25, 0.3) is 5.91 Å². The Morgan fingerprint density at radius 3 is 2.82 bits per heavy atom. The maximum Gasteiger partial charge on any atom is 0.256 e. The van der Waals surface area contributed by atoms with Gasteiger partial charge in [-0.2, -0.15) is 0 Å². The number of carbonyl (C=O) groups is 1. The van der Waals surface area contributed by atoms with E-state index in [2.05, 4.69) is 25.2 Å². The van der Waals surface area contributed by atoms with E-state index in [0.29, 0.717) is 16.7 Å². The van der Waals surface area contributed by atoms with Gasteiger partial charge in [0, 0.05) is 48.6 Å². The number of methoxy groups -OCH3 is 1. The number of fused-ring (bicyclic) bond motifs is 1. The zero-order chi connectivity index (χ0) is 19.5. The molecule has 3 heterocycles. The second kappa shape index (κ2) is 7.67. The zero-order valence-electron chi connectivity index (χ0n) is 15.5. The first-order valence-electron chi connectivity index (χ1n) is 9.17. The Labute approximate surface area is 161 Å². The minimum absolute atomic E-state index is 0.0147. The maximum absolute atomic E-state index is 12.8. The lowest BCUT2D eigenvalue weighted by molar-refractivity contribution is 0.0930. The third-order valence-corrected chi connectivity index (χ3v) is 5.04. The Morgan fingerprint density at radius 1 is 1.29 bits per heavy atom. The lowest BCUT2D eigenvalue weighted by atomic mass is 10.0. The molecule has 1 aliphatic rings. The molecule has 28 heavy (non-hydrogen) atoms. The molecule has 0 spiro atoms. The fraction of sp³-hybridized carbons (Fsp3) is 0.300. The molecule has 2 aromatic heterocycles. The molecule has 144 valence electrons. The Balaban J connectivity index is 1.46. The van der Waals surface area contributed by atoms with Crippen LogP contribution >= 0.6 is 0 Å². The topological polar surface area (TPSA) is 100 Å². The van der Waals surface area contributed by atoms with Crippen LogP contribution in [0.25, 0.3) is 10.9 Å². The molecule has 4 rings (SSSR count). The van der Waals surface area contributed by atoms with Crippen molar-refractivity contribution in [3.05, 3.63) is 58.8 Å². The second-order valence-electron chi connectivity index (χ2n) is 6.74. The highest BCUT2D eigenvalue weighted by Crippen LogP contribution is 2.18. The predicted molar refractivity (Wildman–Crippen MR) is 106 cm³/mol. The molecule has 8 heteroatoms. The fourth-order valence-corrected chi connectivity index (χ4v) is 3.46. The van der Waals surface area contributed by atoms with Crippen molar-refractivity contribution in [2.45, 2.75) is 18.9 Å². The summed E-state index contributed by atoms with van der Waals surface area (Å²) < 4.78 is 5.18. The third-order valence-electron chi connectivity index (χ3n) is 5.04. The first-order chi connectivity index (χ1) is 13.7. The summed E-state index contributed by atoms with van der Waals surface area (Å²) in [7, 11) is 1.54. The quantitative estimate of drug-likeness (QED) is 0.716. The second-order valence-corrected chi connectivity index (χ2v) is 6.74. The molecule has 1 aliphatic heterocycles. The minimum Gasteiger partial charge on any atom is -0.497 e. The van der Waals surface area contributed by atoms with E-state index < -0.39 is 0 Å². The highest BCUT2D eigenvalue weighted by atomic mass is 16.5. The average molecular weight is 379 g/mol. The number of amides is 1. The van der Waals surface area contributed by atoms with Crippen molar-refractivity contribution in [2.24, 2.45) is 0 Å². The van der Waals surface area contributed by atoms with Gasteiger partial charge in [-0.05, 0) is 31.0 Å². The Kier molecular flexibility index (Phi) is 4.92. The van der Waals surface area contributed by atoms with Crippen LogP contribution in [0.2, 0.25) is 0 Å². The number of ether oxygens (including phenoxy) is 1. The van der Waals surface area contributed by atoms with Crippen LogP contribution in [-0.2, 0) is 0 Å². The van der Waals surface area contributed by atoms with Crippen LogP contribution in [0.5, 0.6) is 5.75 Å². The van der Waals surface area contributed by atoms with Crippen LogP contribution in [0.15, 0.2) is 47.8 Å². The number of aromatic amines is 1. The van der Waals surface area contributed by atoms with Crippen LogP contribution in [0.1, 0.15) is 23.2 Å². The summed E-state index contributed by atoms with van der Waals surface area (Å²) in [5, 5.41) is 3.42. The zero-order valence-corrected chi connectivity index (χ0v) is 15.5. The maximum atomic E-state index is 12.8. The van der Waals surface area contributed by atoms with Gasteiger partial charge in [-0.25, -0.2) is 4.98 Å². The first kappa shape index (κ1) is 18.0. The van der Waals surface area contributed by atoms with E-state index in [4.69, 9.17) is 4.74 Å². The van der Waals surface area contributed by atoms with Gasteiger partial charge in [0.15, 0.2) is 0 Å². The lowest BCUT2D eigenvalue weighted by Gasteiger charge is -2.32. The molecular weight excluding hydrogens is 358 g/mol. The van der Waals surface area contributed by atoms with Crippen molar-refractivity contribution in [1.29, 1.82) is 0 Å². The summed E-state index contributed by atoms with van der Waals surface area (Å²) in [6.45, 7) is 1.55. The highest BCUT2D eigenvalue weighted by molar-refractivity contribution is 5.97. The van der Waals surface area contributed by atoms with Crippen LogP contribution in [0.3, 0.4) is 0 Å². The van der Waals surface area contributed by atoms with Gasteiger partial charge < -0.3 is 19.9 Å². The number of carbonyl (C=O) groups excluding carboxylic acids is 1. The van der Waals surface area contributed by atoms with Crippen LogP contribution < -0.4 is 20.4 Å². The number of piperidine rings is 1. The third kappa shape index (κ3) is 3.53. The molecule has 0 bridgehead atoms. The molecule has 0 aliphatic carbocycles. The van der Waals surface area contributed by atoms with Gasteiger partial charge in [0.2, 0.25) is 5.43 Å². The standard InChI is InChI=1S/C20H21N5O3/c1-28-14-2-3-17-15(10-14)19(26)16(11-23-17)20(27)24-13-4-8-25(9-5-13)18-12-21-6-7-22-18/h2-3,6-7,10-13H,4-5,8-9H2,1H3,(H,23,26)(H,24,27). The number of nitrogens with one attached hydrogen (secondary N) is 2. The minimum atomic E-state index is -0.357. The number of benzene rings is 1. The number of nitrogens with zero attached hydrogens (tertiary/aromatic N) is 3. The van der Waals surface area contributed by atoms with E-state index in [-0.39, 0.29) is 22.9 Å². The summed E-state index contributed by atoms with van der Waals surface area (Å²) in [6.07, 6.45) is 8.09. The molecular formula is C20H21N5O3. The number of H-pyrrole nitrogens is 1. The average Bonchev–Trinajstić information content (AvgIpc) is 2.75. The highest BCUT2D eigenvalue weighted by Gasteiger charge is 2.23. The van der Waals surface area contributed by atoms with E-state index in [0.717, 1.165) is 31.7 Å². The van der Waals surface area contributed by atoms with Crippen LogP contribution in [-0.4, -0.2) is 47.1 Å². The molecule has 1 aromatic carbocycles. The van der Waals surface area contributed by atoms with Crippen LogP contribution in [0.4, 0.5) is 5.82 Å². The molecule has 0 saturated carbocycles. The molecule has 8 nitrogen and oxygen atoms in total. The van der Waals surface area contributed by atoms with Gasteiger partial charge in [0.05, 0.1) is 13.3 Å². The van der Waals surface area contributed by atoms with E-state index in [1.54, 1.807) is 43.9 Å². The Morgan fingerprint density at radius 2 is 2.11 bits per heavy atom. The number of rotatable bonds is 4. The molecule has 0 unspecified atom stereocenters. The summed E-state index contributed by atoms with van der Waals surface area (Å²) in [6, 6.07) is 5.19. The van der Waals surface area contributed by atoms with Crippen LogP contribution in [0, 0.1) is 0 Å². The summed E-state index contributed by atoms with van der Waals surface area (Å²) in [5.41, 5.74) is 0.471. The SMILES string of the molecule is COc1ccc2[nH]cc(C(=O)NC3CCN(c4cnccn4)CC3)c(=O)c2c1. The number of aromatic nitrogens is 3. The largest absolute Gasteiger partial charge is 0.497 e. The van der Waals surface area contributed by atoms with Gasteiger partial charge in [-0.1, -0.05) is 0 Å². The van der Waals surface area contributed by atoms with Crippen molar-refractivity contribution in [2.75, 3.05) is 25.1 Å². The van der Waals surface area contributed by atoms with Gasteiger partial charge in [0.1, 0.15) is 17.1 Å². The van der Waals surface area contributed by atoms with Gasteiger partial charge in [-0.15, -0.1) is 0 Å². The molecule has 0 atom stereocenters. The van der Waals surface area contributed by atoms with E-state index in [1.165, 1.54) is 6.20 Å². The summed E-state index contributed by atoms with van der Waals surface area (Å²) in [4.78, 5) is 39.0. The van der Waals surface area contributed by atoms with Crippen molar-refractivity contribution >= 4 is 22.6 Å². The van der Waals surface area contributed by atoms with E-state index in [1.807, 2.05) is 0 Å².